The summed E-state index contributed by atoms with van der Waals surface area (Å²) in [6, 6.07) is 0. The van der Waals surface area contributed by atoms with Crippen LogP contribution in [0.3, 0.4) is 0 Å². The van der Waals surface area contributed by atoms with Crippen LogP contribution in [-0.2, 0) is 26.1 Å². The predicted octanol–water partition coefficient (Wildman–Crippen LogP) is 27.7. The SMILES string of the molecule is CCCCCCCCCCCCP(CCCCCCCCCCCC)CCCCCCCCCCCC.CCCCCCCCCCCCP(CCCCCCCCCCCC)CCCCCCCCCCCC.[C]=O.[C]=O.[Ni]. The first-order valence-electron chi connectivity index (χ1n) is 36.5. The van der Waals surface area contributed by atoms with Crippen LogP contribution in [-0.4, -0.2) is 50.5 Å². The topological polar surface area (TPSA) is 34.1 Å². The van der Waals surface area contributed by atoms with Gasteiger partial charge in [-0.15, -0.1) is 15.8 Å². The maximum Gasteiger partial charge on any atom is 0.281 e. The van der Waals surface area contributed by atoms with Gasteiger partial charge in [0.1, 0.15) is 0 Å². The van der Waals surface area contributed by atoms with Crippen molar-refractivity contribution in [3.63, 3.8) is 0 Å². The van der Waals surface area contributed by atoms with Crippen molar-refractivity contribution in [2.75, 3.05) is 37.0 Å². The second-order valence-electron chi connectivity index (χ2n) is 24.8. The Bertz CT molecular complexity index is 765. The van der Waals surface area contributed by atoms with Crippen LogP contribution in [0.1, 0.15) is 427 Å². The molecule has 0 aliphatic carbocycles. The molecule has 0 rings (SSSR count). The fourth-order valence-electron chi connectivity index (χ4n) is 11.6. The van der Waals surface area contributed by atoms with Gasteiger partial charge < -0.3 is 0 Å². The van der Waals surface area contributed by atoms with Crippen molar-refractivity contribution in [3.05, 3.63) is 0 Å². The fourth-order valence-corrected chi connectivity index (χ4v) is 17.0. The van der Waals surface area contributed by atoms with Crippen molar-refractivity contribution in [3.8, 4) is 0 Å². The minimum absolute atomic E-state index is 0. The first-order chi connectivity index (χ1) is 38.7. The normalized spacial score (nSPS) is 11.0. The summed E-state index contributed by atoms with van der Waals surface area (Å²) in [6.45, 7) is 22.9. The molecule has 0 bridgehead atoms. The quantitative estimate of drug-likeness (QED) is 0.0346. The van der Waals surface area contributed by atoms with Gasteiger partial charge in [-0.2, -0.15) is 0 Å². The van der Waals surface area contributed by atoms with E-state index in [1.54, 1.807) is 37.0 Å². The van der Waals surface area contributed by atoms with Gasteiger partial charge in [0.2, 0.25) is 0 Å². The van der Waals surface area contributed by atoms with Gasteiger partial charge in [0.25, 0.3) is 13.6 Å². The van der Waals surface area contributed by atoms with E-state index in [-0.39, 0.29) is 16.5 Å². The molecule has 0 amide bonds. The van der Waals surface area contributed by atoms with Crippen molar-refractivity contribution < 1.29 is 26.1 Å². The molecule has 0 aromatic carbocycles. The molecule has 0 aromatic rings. The first kappa shape index (κ1) is 88.5. The van der Waals surface area contributed by atoms with Crippen LogP contribution in [0, 0.1) is 0 Å². The van der Waals surface area contributed by atoms with E-state index < -0.39 is 0 Å². The Labute approximate surface area is 516 Å². The van der Waals surface area contributed by atoms with Crippen LogP contribution in [0.5, 0.6) is 0 Å². The van der Waals surface area contributed by atoms with Crippen LogP contribution >= 0.6 is 15.8 Å². The summed E-state index contributed by atoms with van der Waals surface area (Å²) in [5.74, 6) is 0. The molecule has 79 heavy (non-hydrogen) atoms. The van der Waals surface area contributed by atoms with Crippen LogP contribution in [0.4, 0.5) is 0 Å². The zero-order valence-electron chi connectivity index (χ0n) is 55.7. The molecule has 5 heteroatoms. The van der Waals surface area contributed by atoms with Crippen LogP contribution in [0.2, 0.25) is 0 Å². The molecule has 0 unspecified atom stereocenters. The second-order valence-corrected chi connectivity index (χ2v) is 30.1. The Morgan fingerprint density at radius 3 is 0.316 bits per heavy atom. The molecule has 0 aromatic heterocycles. The molecule has 0 atom stereocenters. The molecular weight excluding hydrogens is 1040 g/mol. The third-order valence-corrected chi connectivity index (χ3v) is 22.7. The maximum absolute atomic E-state index is 7.50. The molecule has 0 saturated carbocycles. The van der Waals surface area contributed by atoms with Gasteiger partial charge >= 0.3 is 0 Å². The van der Waals surface area contributed by atoms with Gasteiger partial charge in [-0.25, -0.2) is 0 Å². The van der Waals surface area contributed by atoms with E-state index in [2.05, 4.69) is 55.1 Å². The van der Waals surface area contributed by atoms with Gasteiger partial charge in [-0.05, 0) is 75.5 Å². The monoisotopic (exact) mass is 1190 g/mol. The molecule has 0 aliphatic rings. The minimum Gasteiger partial charge on any atom is -0.281 e. The summed E-state index contributed by atoms with van der Waals surface area (Å²) in [5, 5.41) is 0. The van der Waals surface area contributed by atoms with E-state index in [1.807, 2.05) is 0 Å². The van der Waals surface area contributed by atoms with Crippen molar-refractivity contribution in [2.45, 2.75) is 427 Å². The number of hydrogen-bond acceptors (Lipinski definition) is 2. The van der Waals surface area contributed by atoms with Gasteiger partial charge in [0, 0.05) is 16.5 Å². The standard InChI is InChI=1S/2C36H75P.2CO.Ni/c2*1-4-7-10-13-16-19-22-25-28-31-34-37(35-32-29-26-23-20-17-14-11-8-5-2)36-33-30-27-24-21-18-15-12-9-6-3;2*1-2;/h2*4-36H2,1-3H3;;;. The number of unbranched alkanes of at least 4 members (excludes halogenated alkanes) is 54. The minimum atomic E-state index is 0. The van der Waals surface area contributed by atoms with Crippen molar-refractivity contribution in [2.24, 2.45) is 0 Å². The van der Waals surface area contributed by atoms with E-state index in [4.69, 9.17) is 9.59 Å². The Hall–Kier alpha value is 0.694. The van der Waals surface area contributed by atoms with E-state index in [0.717, 1.165) is 0 Å². The van der Waals surface area contributed by atoms with E-state index >= 15 is 0 Å². The molecule has 0 saturated heterocycles. The number of hydrogen-bond donors (Lipinski definition) is 0. The summed E-state index contributed by atoms with van der Waals surface area (Å²) in [4.78, 5) is 15.0. The van der Waals surface area contributed by atoms with E-state index in [1.165, 1.54) is 385 Å². The Balaban J connectivity index is -0.000000429. The summed E-state index contributed by atoms with van der Waals surface area (Å²) in [7, 11) is 0.671. The Kier molecular flexibility index (Phi) is 101. The maximum atomic E-state index is 7.50. The molecule has 0 fully saturated rings. The van der Waals surface area contributed by atoms with Crippen LogP contribution in [0.15, 0.2) is 0 Å². The van der Waals surface area contributed by atoms with Crippen molar-refractivity contribution in [1.29, 1.82) is 0 Å². The predicted molar refractivity (Wildman–Crippen MR) is 365 cm³/mol. The third kappa shape index (κ3) is 87.6. The summed E-state index contributed by atoms with van der Waals surface area (Å²) < 4.78 is 0. The number of rotatable bonds is 66. The van der Waals surface area contributed by atoms with Gasteiger partial charge in [-0.3, -0.25) is 9.59 Å². The average molecular weight is 1190 g/mol. The zero-order valence-corrected chi connectivity index (χ0v) is 58.5. The fraction of sp³-hybridized carbons (Fsp3) is 0.973. The molecule has 0 N–H and O–H groups in total. The van der Waals surface area contributed by atoms with Gasteiger partial charge in [-0.1, -0.05) is 388 Å². The summed E-state index contributed by atoms with van der Waals surface area (Å²) in [5.41, 5.74) is 0. The molecule has 2 nitrogen and oxygen atoms in total. The largest absolute Gasteiger partial charge is 0.281 e. The second kappa shape index (κ2) is 89.9. The van der Waals surface area contributed by atoms with E-state index in [0.29, 0.717) is 15.8 Å². The van der Waals surface area contributed by atoms with E-state index in [9.17, 15) is 0 Å². The van der Waals surface area contributed by atoms with Crippen molar-refractivity contribution >= 4 is 29.4 Å². The third-order valence-electron chi connectivity index (χ3n) is 17.0. The Morgan fingerprint density at radius 2 is 0.228 bits per heavy atom. The molecule has 0 spiro atoms. The van der Waals surface area contributed by atoms with Crippen molar-refractivity contribution in [1.82, 2.24) is 0 Å². The molecule has 0 aliphatic heterocycles. The summed E-state index contributed by atoms with van der Waals surface area (Å²) in [6.07, 6.45) is 98.5. The smallest absolute Gasteiger partial charge is 0.281 e. The number of carbonyl (C=O) groups excluding carboxylic acids is 2. The molecule has 478 valence electrons. The van der Waals surface area contributed by atoms with Crippen LogP contribution in [0.25, 0.3) is 0 Å². The van der Waals surface area contributed by atoms with Gasteiger partial charge in [0.05, 0.1) is 0 Å². The van der Waals surface area contributed by atoms with Gasteiger partial charge in [0.15, 0.2) is 0 Å². The molecule has 4 radical (unpaired) electrons. The summed E-state index contributed by atoms with van der Waals surface area (Å²) >= 11 is 0. The van der Waals surface area contributed by atoms with Crippen LogP contribution < -0.4 is 0 Å². The zero-order chi connectivity index (χ0) is 57.8. The molecular formula is C74H150NiO2P2. The average Bonchev–Trinajstić information content (AvgIpc) is 3.46. The Morgan fingerprint density at radius 1 is 0.152 bits per heavy atom. The molecule has 0 heterocycles. The first-order valence-corrected chi connectivity index (χ1v) is 40.3.